The van der Waals surface area contributed by atoms with Crippen molar-refractivity contribution in [1.29, 1.82) is 0 Å². The van der Waals surface area contributed by atoms with Crippen molar-refractivity contribution in [1.82, 2.24) is 9.97 Å². The van der Waals surface area contributed by atoms with E-state index in [0.717, 1.165) is 27.8 Å². The second-order valence-corrected chi connectivity index (χ2v) is 6.15. The van der Waals surface area contributed by atoms with Crippen LogP contribution in [0.15, 0.2) is 54.6 Å². The molecule has 0 bridgehead atoms. The van der Waals surface area contributed by atoms with Gasteiger partial charge in [0.1, 0.15) is 5.82 Å². The average Bonchev–Trinajstić information content (AvgIpc) is 2.56. The number of hydrogen-bond donors (Lipinski definition) is 2. The summed E-state index contributed by atoms with van der Waals surface area (Å²) in [6.07, 6.45) is 0. The molecule has 0 atom stereocenters. The van der Waals surface area contributed by atoms with E-state index in [1.807, 2.05) is 61.5 Å². The first-order chi connectivity index (χ1) is 11.6. The molecule has 2 aromatic carbocycles. The quantitative estimate of drug-likeness (QED) is 0.636. The Morgan fingerprint density at radius 3 is 2.46 bits per heavy atom. The monoisotopic (exact) mass is 358 g/mol. The minimum Gasteiger partial charge on any atom is -0.366 e. The molecule has 4 nitrogen and oxygen atoms in total. The van der Waals surface area contributed by atoms with Gasteiger partial charge in [-0.2, -0.15) is 4.98 Å². The first kappa shape index (κ1) is 16.6. The fourth-order valence-corrected chi connectivity index (χ4v) is 2.50. The molecular formula is C18H16Cl2N4. The first-order valence-electron chi connectivity index (χ1n) is 7.46. The molecule has 0 aliphatic carbocycles. The van der Waals surface area contributed by atoms with E-state index in [1.54, 1.807) is 0 Å². The van der Waals surface area contributed by atoms with Gasteiger partial charge in [0, 0.05) is 23.3 Å². The molecule has 0 unspecified atom stereocenters. The summed E-state index contributed by atoms with van der Waals surface area (Å²) in [6.45, 7) is 2.58. The fraction of sp³-hybridized carbons (Fsp3) is 0.111. The van der Waals surface area contributed by atoms with Crippen LogP contribution in [0.4, 0.5) is 17.5 Å². The number of para-hydroxylation sites is 1. The summed E-state index contributed by atoms with van der Waals surface area (Å²) in [4.78, 5) is 8.88. The van der Waals surface area contributed by atoms with Gasteiger partial charge in [-0.05, 0) is 36.8 Å². The number of benzene rings is 2. The van der Waals surface area contributed by atoms with Gasteiger partial charge in [0.25, 0.3) is 0 Å². The van der Waals surface area contributed by atoms with Crippen LogP contribution >= 0.6 is 23.2 Å². The molecule has 0 spiro atoms. The molecule has 3 aromatic rings. The summed E-state index contributed by atoms with van der Waals surface area (Å²) >= 11 is 12.1. The molecule has 0 amide bonds. The fourth-order valence-electron chi connectivity index (χ4n) is 2.19. The zero-order valence-corrected chi connectivity index (χ0v) is 14.6. The van der Waals surface area contributed by atoms with E-state index in [0.29, 0.717) is 17.5 Å². The second kappa shape index (κ2) is 7.51. The lowest BCUT2D eigenvalue weighted by Crippen LogP contribution is -2.05. The van der Waals surface area contributed by atoms with Gasteiger partial charge in [0.05, 0.1) is 10.7 Å². The first-order valence-corrected chi connectivity index (χ1v) is 8.21. The highest BCUT2D eigenvalue weighted by molar-refractivity contribution is 6.33. The molecular weight excluding hydrogens is 343 g/mol. The molecule has 122 valence electrons. The molecule has 0 radical (unpaired) electrons. The van der Waals surface area contributed by atoms with Crippen LogP contribution in [0.5, 0.6) is 0 Å². The standard InChI is InChI=1S/C18H16Cl2N4/c1-12-10-17(21-11-13-6-8-14(19)9-7-13)24-18(22-12)23-16-5-3-2-4-15(16)20/h2-10H,11H2,1H3,(H2,21,22,23,24). The third kappa shape index (κ3) is 4.37. The highest BCUT2D eigenvalue weighted by Crippen LogP contribution is 2.24. The predicted octanol–water partition coefficient (Wildman–Crippen LogP) is 5.45. The number of aryl methyl sites for hydroxylation is 1. The van der Waals surface area contributed by atoms with Gasteiger partial charge in [-0.1, -0.05) is 47.5 Å². The molecule has 0 fully saturated rings. The van der Waals surface area contributed by atoms with Gasteiger partial charge in [-0.25, -0.2) is 4.98 Å². The van der Waals surface area contributed by atoms with Gasteiger partial charge in [-0.15, -0.1) is 0 Å². The van der Waals surface area contributed by atoms with Gasteiger partial charge in [0.15, 0.2) is 0 Å². The summed E-state index contributed by atoms with van der Waals surface area (Å²) < 4.78 is 0. The van der Waals surface area contributed by atoms with Gasteiger partial charge >= 0.3 is 0 Å². The molecule has 0 saturated carbocycles. The Hall–Kier alpha value is -2.30. The van der Waals surface area contributed by atoms with Crippen molar-refractivity contribution in [2.45, 2.75) is 13.5 Å². The molecule has 0 aliphatic rings. The Balaban J connectivity index is 1.74. The van der Waals surface area contributed by atoms with Gasteiger partial charge < -0.3 is 10.6 Å². The van der Waals surface area contributed by atoms with Gasteiger partial charge in [-0.3, -0.25) is 0 Å². The number of nitrogens with zero attached hydrogens (tertiary/aromatic N) is 2. The van der Waals surface area contributed by atoms with Crippen LogP contribution in [-0.2, 0) is 6.54 Å². The normalized spacial score (nSPS) is 10.5. The van der Waals surface area contributed by atoms with Crippen molar-refractivity contribution >= 4 is 40.7 Å². The summed E-state index contributed by atoms with van der Waals surface area (Å²) in [7, 11) is 0. The third-order valence-electron chi connectivity index (χ3n) is 3.36. The van der Waals surface area contributed by atoms with Crippen molar-refractivity contribution < 1.29 is 0 Å². The Morgan fingerprint density at radius 1 is 0.958 bits per heavy atom. The number of nitrogens with one attached hydrogen (secondary N) is 2. The van der Waals surface area contributed by atoms with Crippen molar-refractivity contribution in [3.63, 3.8) is 0 Å². The van der Waals surface area contributed by atoms with E-state index in [1.165, 1.54) is 0 Å². The van der Waals surface area contributed by atoms with Crippen LogP contribution in [0, 0.1) is 6.92 Å². The lowest BCUT2D eigenvalue weighted by atomic mass is 10.2. The molecule has 24 heavy (non-hydrogen) atoms. The molecule has 1 aromatic heterocycles. The minimum atomic E-state index is 0.502. The number of hydrogen-bond acceptors (Lipinski definition) is 4. The highest BCUT2D eigenvalue weighted by Gasteiger charge is 2.05. The van der Waals surface area contributed by atoms with E-state index >= 15 is 0 Å². The lowest BCUT2D eigenvalue weighted by molar-refractivity contribution is 1.06. The van der Waals surface area contributed by atoms with E-state index in [4.69, 9.17) is 23.2 Å². The summed E-state index contributed by atoms with van der Waals surface area (Å²) in [5.74, 6) is 1.24. The van der Waals surface area contributed by atoms with E-state index in [9.17, 15) is 0 Å². The molecule has 6 heteroatoms. The Bertz CT molecular complexity index is 835. The average molecular weight is 359 g/mol. The number of anilines is 3. The van der Waals surface area contributed by atoms with E-state index in [2.05, 4.69) is 20.6 Å². The smallest absolute Gasteiger partial charge is 0.229 e. The summed E-state index contributed by atoms with van der Waals surface area (Å²) in [6, 6.07) is 17.1. The van der Waals surface area contributed by atoms with Gasteiger partial charge in [0.2, 0.25) is 5.95 Å². The van der Waals surface area contributed by atoms with Crippen molar-refractivity contribution in [2.75, 3.05) is 10.6 Å². The maximum atomic E-state index is 6.16. The molecule has 1 heterocycles. The highest BCUT2D eigenvalue weighted by atomic mass is 35.5. The summed E-state index contributed by atoms with van der Waals surface area (Å²) in [5.41, 5.74) is 2.75. The minimum absolute atomic E-state index is 0.502. The lowest BCUT2D eigenvalue weighted by Gasteiger charge is -2.11. The predicted molar refractivity (Wildman–Crippen MR) is 100 cm³/mol. The molecule has 0 saturated heterocycles. The third-order valence-corrected chi connectivity index (χ3v) is 3.94. The van der Waals surface area contributed by atoms with Crippen LogP contribution in [0.3, 0.4) is 0 Å². The Kier molecular flexibility index (Phi) is 5.18. The second-order valence-electron chi connectivity index (χ2n) is 5.30. The van der Waals surface area contributed by atoms with Crippen LogP contribution in [0.25, 0.3) is 0 Å². The van der Waals surface area contributed by atoms with E-state index < -0.39 is 0 Å². The van der Waals surface area contributed by atoms with Crippen molar-refractivity contribution in [3.05, 3.63) is 75.9 Å². The maximum absolute atomic E-state index is 6.16. The topological polar surface area (TPSA) is 49.8 Å². The number of rotatable bonds is 5. The Labute approximate surface area is 150 Å². The molecule has 0 aliphatic heterocycles. The number of halogens is 2. The van der Waals surface area contributed by atoms with Crippen molar-refractivity contribution in [2.24, 2.45) is 0 Å². The zero-order chi connectivity index (χ0) is 16.9. The van der Waals surface area contributed by atoms with Crippen LogP contribution in [0.2, 0.25) is 10.0 Å². The maximum Gasteiger partial charge on any atom is 0.229 e. The zero-order valence-electron chi connectivity index (χ0n) is 13.1. The molecule has 3 rings (SSSR count). The molecule has 2 N–H and O–H groups in total. The van der Waals surface area contributed by atoms with E-state index in [-0.39, 0.29) is 0 Å². The number of aromatic nitrogens is 2. The SMILES string of the molecule is Cc1cc(NCc2ccc(Cl)cc2)nc(Nc2ccccc2Cl)n1. The van der Waals surface area contributed by atoms with Crippen LogP contribution in [-0.4, -0.2) is 9.97 Å². The van der Waals surface area contributed by atoms with Crippen LogP contribution in [0.1, 0.15) is 11.3 Å². The van der Waals surface area contributed by atoms with Crippen molar-refractivity contribution in [3.8, 4) is 0 Å². The Morgan fingerprint density at radius 2 is 1.71 bits per heavy atom. The largest absolute Gasteiger partial charge is 0.366 e. The van der Waals surface area contributed by atoms with Crippen LogP contribution < -0.4 is 10.6 Å². The summed E-state index contributed by atoms with van der Waals surface area (Å²) in [5, 5.41) is 7.79.